The van der Waals surface area contributed by atoms with Crippen molar-refractivity contribution in [3.63, 3.8) is 0 Å². The second-order valence-electron chi connectivity index (χ2n) is 14.0. The molecule has 3 aliphatic rings. The summed E-state index contributed by atoms with van der Waals surface area (Å²) in [5.41, 5.74) is -0.0552. The number of hydrogen-bond donors (Lipinski definition) is 2. The summed E-state index contributed by atoms with van der Waals surface area (Å²) in [5, 5.41) is 15.5. The van der Waals surface area contributed by atoms with Crippen molar-refractivity contribution >= 4 is 40.2 Å². The molecule has 3 aromatic rings. The maximum absolute atomic E-state index is 15.0. The average Bonchev–Trinajstić information content (AvgIpc) is 3.83. The Hall–Kier alpha value is -4.84. The first-order valence-electron chi connectivity index (χ1n) is 18.4. The third-order valence-electron chi connectivity index (χ3n) is 10.9. The predicted molar refractivity (Wildman–Crippen MR) is 201 cm³/mol. The SMILES string of the molecule is C=CCCC(=O)N[C@@H](COC)[C@@H](OC(=O)[C@@H]1[C@@H]2CC[C@]3(O2)[C@H](C(=O)N(CC=C)c2ccc4ccccc4c2)N([C@@H](CC)CO)C(=O)[C@@H]13)c1ccccc1. The van der Waals surface area contributed by atoms with Gasteiger partial charge in [0.2, 0.25) is 11.8 Å². The van der Waals surface area contributed by atoms with Crippen LogP contribution in [0, 0.1) is 11.8 Å². The van der Waals surface area contributed by atoms with E-state index in [1.54, 1.807) is 29.2 Å². The Bertz CT molecular complexity index is 1830. The molecule has 0 radical (unpaired) electrons. The van der Waals surface area contributed by atoms with Crippen molar-refractivity contribution in [3.8, 4) is 0 Å². The number of esters is 1. The number of amides is 3. The number of methoxy groups -OCH3 is 1. The van der Waals surface area contributed by atoms with Crippen molar-refractivity contribution in [2.75, 3.05) is 31.8 Å². The molecule has 11 nitrogen and oxygen atoms in total. The summed E-state index contributed by atoms with van der Waals surface area (Å²) < 4.78 is 18.5. The lowest BCUT2D eigenvalue weighted by Gasteiger charge is -2.39. The van der Waals surface area contributed by atoms with Gasteiger partial charge in [0.1, 0.15) is 17.7 Å². The molecule has 3 aromatic carbocycles. The molecule has 0 unspecified atom stereocenters. The first-order valence-corrected chi connectivity index (χ1v) is 18.4. The summed E-state index contributed by atoms with van der Waals surface area (Å²) in [6, 6.07) is 20.1. The van der Waals surface area contributed by atoms with Crippen molar-refractivity contribution < 1.29 is 38.5 Å². The average molecular weight is 724 g/mol. The van der Waals surface area contributed by atoms with Crippen LogP contribution in [0.2, 0.25) is 0 Å². The van der Waals surface area contributed by atoms with Crippen LogP contribution in [0.5, 0.6) is 0 Å². The normalized spacial score (nSPS) is 24.7. The van der Waals surface area contributed by atoms with Gasteiger partial charge in [-0.05, 0) is 54.2 Å². The number of carbonyl (C=O) groups is 4. The maximum Gasteiger partial charge on any atom is 0.313 e. The minimum Gasteiger partial charge on any atom is -0.455 e. The van der Waals surface area contributed by atoms with E-state index < -0.39 is 59.6 Å². The zero-order chi connectivity index (χ0) is 37.7. The van der Waals surface area contributed by atoms with Gasteiger partial charge < -0.3 is 34.4 Å². The number of rotatable bonds is 17. The molecule has 2 bridgehead atoms. The van der Waals surface area contributed by atoms with Crippen molar-refractivity contribution in [2.24, 2.45) is 11.8 Å². The van der Waals surface area contributed by atoms with Gasteiger partial charge in [0.15, 0.2) is 0 Å². The van der Waals surface area contributed by atoms with E-state index >= 15 is 4.79 Å². The molecule has 280 valence electrons. The molecule has 53 heavy (non-hydrogen) atoms. The number of aliphatic hydroxyl groups excluding tert-OH is 1. The molecule has 8 atom stereocenters. The van der Waals surface area contributed by atoms with Gasteiger partial charge in [-0.1, -0.05) is 79.7 Å². The Morgan fingerprint density at radius 2 is 1.81 bits per heavy atom. The smallest absolute Gasteiger partial charge is 0.313 e. The van der Waals surface area contributed by atoms with Crippen LogP contribution in [0.3, 0.4) is 0 Å². The quantitative estimate of drug-likeness (QED) is 0.149. The molecule has 3 aliphatic heterocycles. The third-order valence-corrected chi connectivity index (χ3v) is 10.9. The van der Waals surface area contributed by atoms with Crippen LogP contribution in [-0.4, -0.2) is 90.4 Å². The van der Waals surface area contributed by atoms with Crippen LogP contribution in [-0.2, 0) is 33.4 Å². The van der Waals surface area contributed by atoms with Gasteiger partial charge in [0.25, 0.3) is 5.91 Å². The molecule has 2 N–H and O–H groups in total. The minimum absolute atomic E-state index is 0.0521. The molecule has 3 saturated heterocycles. The molecule has 0 saturated carbocycles. The maximum atomic E-state index is 15.0. The number of nitrogens with zero attached hydrogens (tertiary/aromatic N) is 2. The first-order chi connectivity index (χ1) is 25.7. The van der Waals surface area contributed by atoms with Crippen molar-refractivity contribution in [1.29, 1.82) is 0 Å². The molecule has 0 aromatic heterocycles. The van der Waals surface area contributed by atoms with Gasteiger partial charge in [-0.2, -0.15) is 0 Å². The lowest BCUT2D eigenvalue weighted by atomic mass is 9.70. The standard InChI is InChI=1S/C42H49N3O8/c1-5-8-18-34(47)43-32(26-51-4)37(28-15-10-9-11-16-28)52-41(50)35-33-21-22-42(53-33)36(35)39(48)45(30(7-3)25-46)38(42)40(49)44(23-6-2)31-20-19-27-14-12-13-17-29(27)24-31/h5-6,9-17,19-20,24,30,32-33,35-38,46H,1-2,7-8,18,21-23,25-26H2,3-4H3,(H,43,47)/t30-,32-,33-,35+,36+,37-,38-,42+/m0/s1. The minimum atomic E-state index is -1.32. The second-order valence-corrected chi connectivity index (χ2v) is 14.0. The molecule has 11 heteroatoms. The zero-order valence-corrected chi connectivity index (χ0v) is 30.4. The molecular formula is C42H49N3O8. The topological polar surface area (TPSA) is 135 Å². The molecule has 3 amide bonds. The predicted octanol–water partition coefficient (Wildman–Crippen LogP) is 4.89. The van der Waals surface area contributed by atoms with Crippen LogP contribution in [0.4, 0.5) is 5.69 Å². The number of hydrogen-bond acceptors (Lipinski definition) is 8. The number of allylic oxidation sites excluding steroid dienone is 1. The number of carbonyl (C=O) groups excluding carboxylic acids is 4. The number of nitrogens with one attached hydrogen (secondary N) is 1. The Kier molecular flexibility index (Phi) is 11.8. The second kappa shape index (κ2) is 16.4. The molecule has 3 heterocycles. The summed E-state index contributed by atoms with van der Waals surface area (Å²) in [7, 11) is 1.50. The Labute approximate surface area is 310 Å². The Balaban J connectivity index is 1.36. The van der Waals surface area contributed by atoms with E-state index in [1.165, 1.54) is 12.0 Å². The number of benzene rings is 3. The van der Waals surface area contributed by atoms with E-state index in [9.17, 15) is 19.5 Å². The molecule has 6 rings (SSSR count). The highest BCUT2D eigenvalue weighted by Crippen LogP contribution is 2.59. The van der Waals surface area contributed by atoms with E-state index in [4.69, 9.17) is 14.2 Å². The highest BCUT2D eigenvalue weighted by Gasteiger charge is 2.75. The fraction of sp³-hybridized carbons (Fsp3) is 0.429. The summed E-state index contributed by atoms with van der Waals surface area (Å²) >= 11 is 0. The van der Waals surface area contributed by atoms with Crippen molar-refractivity contribution in [2.45, 2.75) is 75.0 Å². The first kappa shape index (κ1) is 37.9. The van der Waals surface area contributed by atoms with E-state index in [-0.39, 0.29) is 38.0 Å². The fourth-order valence-electron chi connectivity index (χ4n) is 8.51. The largest absolute Gasteiger partial charge is 0.455 e. The van der Waals surface area contributed by atoms with Gasteiger partial charge in [-0.25, -0.2) is 0 Å². The van der Waals surface area contributed by atoms with Gasteiger partial charge in [0, 0.05) is 25.8 Å². The number of fused-ring (bicyclic) bond motifs is 2. The number of anilines is 1. The highest BCUT2D eigenvalue weighted by atomic mass is 16.6. The summed E-state index contributed by atoms with van der Waals surface area (Å²) in [6.45, 7) is 9.30. The number of aliphatic hydroxyl groups is 1. The monoisotopic (exact) mass is 723 g/mol. The van der Waals surface area contributed by atoms with Gasteiger partial charge in [-0.3, -0.25) is 19.2 Å². The van der Waals surface area contributed by atoms with Crippen LogP contribution in [0.1, 0.15) is 50.7 Å². The van der Waals surface area contributed by atoms with Crippen LogP contribution in [0.15, 0.2) is 98.1 Å². The lowest BCUT2D eigenvalue weighted by molar-refractivity contribution is -0.163. The van der Waals surface area contributed by atoms with Crippen LogP contribution in [0.25, 0.3) is 10.8 Å². The number of likely N-dealkylation sites (tertiary alicyclic amines) is 1. The molecule has 3 fully saturated rings. The van der Waals surface area contributed by atoms with E-state index in [0.717, 1.165) is 10.8 Å². The van der Waals surface area contributed by atoms with E-state index in [2.05, 4.69) is 18.5 Å². The van der Waals surface area contributed by atoms with Crippen molar-refractivity contribution in [1.82, 2.24) is 10.2 Å². The Morgan fingerprint density at radius 1 is 1.08 bits per heavy atom. The summed E-state index contributed by atoms with van der Waals surface area (Å²) in [4.78, 5) is 60.3. The fourth-order valence-corrected chi connectivity index (χ4v) is 8.51. The van der Waals surface area contributed by atoms with Gasteiger partial charge in [0.05, 0.1) is 43.2 Å². The van der Waals surface area contributed by atoms with E-state index in [1.807, 2.05) is 67.6 Å². The third kappa shape index (κ3) is 7.13. The lowest BCUT2D eigenvalue weighted by Crippen LogP contribution is -2.59. The number of ether oxygens (including phenoxy) is 3. The van der Waals surface area contributed by atoms with Gasteiger partial charge in [-0.15, -0.1) is 13.2 Å². The molecule has 1 spiro atoms. The van der Waals surface area contributed by atoms with E-state index in [0.29, 0.717) is 36.9 Å². The van der Waals surface area contributed by atoms with Gasteiger partial charge >= 0.3 is 5.97 Å². The van der Waals surface area contributed by atoms with Crippen LogP contribution >= 0.6 is 0 Å². The van der Waals surface area contributed by atoms with Crippen LogP contribution < -0.4 is 10.2 Å². The highest BCUT2D eigenvalue weighted by molar-refractivity contribution is 6.05. The molecule has 0 aliphatic carbocycles. The van der Waals surface area contributed by atoms with Crippen molar-refractivity contribution in [3.05, 3.63) is 104 Å². The summed E-state index contributed by atoms with van der Waals surface area (Å²) in [6.07, 6.45) is 3.54. The summed E-state index contributed by atoms with van der Waals surface area (Å²) in [5.74, 6) is -3.75. The Morgan fingerprint density at radius 3 is 2.49 bits per heavy atom. The molecular weight excluding hydrogens is 674 g/mol. The zero-order valence-electron chi connectivity index (χ0n) is 30.4.